The third-order valence-corrected chi connectivity index (χ3v) is 5.97. The second-order valence-corrected chi connectivity index (χ2v) is 8.39. The van der Waals surface area contributed by atoms with Crippen molar-refractivity contribution in [2.75, 3.05) is 13.1 Å². The normalized spacial score (nSPS) is 21.0. The Labute approximate surface area is 157 Å². The van der Waals surface area contributed by atoms with Gasteiger partial charge in [0, 0.05) is 19.2 Å². The van der Waals surface area contributed by atoms with Gasteiger partial charge in [-0.15, -0.1) is 0 Å². The minimum atomic E-state index is -3.68. The first-order valence-corrected chi connectivity index (χ1v) is 9.93. The minimum Gasteiger partial charge on any atom is -0.423 e. The van der Waals surface area contributed by atoms with E-state index < -0.39 is 21.8 Å². The van der Waals surface area contributed by atoms with E-state index in [0.29, 0.717) is 0 Å². The maximum Gasteiger partial charge on any atom is 0.343 e. The molecule has 1 saturated heterocycles. The lowest BCUT2D eigenvalue weighted by Crippen LogP contribution is -2.48. The molecule has 1 fully saturated rings. The van der Waals surface area contributed by atoms with Crippen molar-refractivity contribution in [3.8, 4) is 5.75 Å². The molecule has 2 aromatic carbocycles. The Kier molecular flexibility index (Phi) is 5.59. The average molecular weight is 393 g/mol. The van der Waals surface area contributed by atoms with Crippen LogP contribution in [0, 0.1) is 5.82 Å². The fraction of sp³-hybridized carbons (Fsp3) is 0.316. The van der Waals surface area contributed by atoms with Crippen LogP contribution < -0.4 is 4.74 Å². The molecule has 3 rings (SSSR count). The summed E-state index contributed by atoms with van der Waals surface area (Å²) in [7, 11) is -3.68. The zero-order valence-corrected chi connectivity index (χ0v) is 15.8. The van der Waals surface area contributed by atoms with Crippen molar-refractivity contribution in [1.29, 1.82) is 0 Å². The highest BCUT2D eigenvalue weighted by molar-refractivity contribution is 7.89. The van der Waals surface area contributed by atoms with Crippen LogP contribution >= 0.6 is 0 Å². The van der Waals surface area contributed by atoms with E-state index in [9.17, 15) is 17.6 Å². The molecule has 2 aromatic rings. The van der Waals surface area contributed by atoms with Crippen LogP contribution in [0.4, 0.5) is 4.39 Å². The number of ether oxygens (including phenoxy) is 2. The molecule has 0 aromatic heterocycles. The number of hydrogen-bond donors (Lipinski definition) is 0. The summed E-state index contributed by atoms with van der Waals surface area (Å²) in [6.45, 7) is 4.19. The van der Waals surface area contributed by atoms with Crippen LogP contribution in [0.25, 0.3) is 0 Å². The summed E-state index contributed by atoms with van der Waals surface area (Å²) < 4.78 is 50.8. The fourth-order valence-electron chi connectivity index (χ4n) is 2.94. The van der Waals surface area contributed by atoms with Crippen LogP contribution in [0.2, 0.25) is 0 Å². The molecule has 8 heteroatoms. The Morgan fingerprint density at radius 3 is 2.33 bits per heavy atom. The van der Waals surface area contributed by atoms with E-state index in [-0.39, 0.29) is 41.5 Å². The molecule has 0 N–H and O–H groups in total. The molecule has 0 bridgehead atoms. The predicted molar refractivity (Wildman–Crippen MR) is 96.6 cm³/mol. The van der Waals surface area contributed by atoms with Gasteiger partial charge in [0.1, 0.15) is 11.6 Å². The number of carbonyl (C=O) groups is 1. The van der Waals surface area contributed by atoms with Gasteiger partial charge in [0.15, 0.2) is 0 Å². The third kappa shape index (κ3) is 4.52. The van der Waals surface area contributed by atoms with Gasteiger partial charge < -0.3 is 9.47 Å². The number of nitrogens with zero attached hydrogens (tertiary/aromatic N) is 1. The van der Waals surface area contributed by atoms with Gasteiger partial charge in [-0.05, 0) is 50.2 Å². The van der Waals surface area contributed by atoms with Gasteiger partial charge in [0.2, 0.25) is 10.0 Å². The quantitative estimate of drug-likeness (QED) is 0.590. The lowest BCUT2D eigenvalue weighted by Gasteiger charge is -2.34. The highest BCUT2D eigenvalue weighted by Crippen LogP contribution is 2.22. The smallest absolute Gasteiger partial charge is 0.343 e. The third-order valence-electron chi connectivity index (χ3n) is 4.12. The van der Waals surface area contributed by atoms with Crippen molar-refractivity contribution < 1.29 is 27.1 Å². The Morgan fingerprint density at radius 1 is 1.11 bits per heavy atom. The topological polar surface area (TPSA) is 72.9 Å². The number of esters is 1. The van der Waals surface area contributed by atoms with E-state index in [1.165, 1.54) is 46.8 Å². The molecule has 0 aliphatic carbocycles. The van der Waals surface area contributed by atoms with Crippen LogP contribution in [0.3, 0.4) is 0 Å². The second kappa shape index (κ2) is 7.75. The highest BCUT2D eigenvalue weighted by atomic mass is 32.2. The molecule has 6 nitrogen and oxygen atoms in total. The number of hydrogen-bond acceptors (Lipinski definition) is 5. The first kappa shape index (κ1) is 19.5. The van der Waals surface area contributed by atoms with Crippen molar-refractivity contribution in [1.82, 2.24) is 4.31 Å². The van der Waals surface area contributed by atoms with Crippen molar-refractivity contribution in [2.24, 2.45) is 0 Å². The van der Waals surface area contributed by atoms with Gasteiger partial charge in [-0.2, -0.15) is 4.31 Å². The van der Waals surface area contributed by atoms with Crippen molar-refractivity contribution >= 4 is 16.0 Å². The molecule has 1 heterocycles. The molecule has 1 aliphatic rings. The number of halogens is 1. The predicted octanol–water partition coefficient (Wildman–Crippen LogP) is 2.84. The molecule has 27 heavy (non-hydrogen) atoms. The Bertz CT molecular complexity index is 919. The first-order valence-electron chi connectivity index (χ1n) is 8.49. The lowest BCUT2D eigenvalue weighted by atomic mass is 10.2. The molecular weight excluding hydrogens is 373 g/mol. The number of sulfonamides is 1. The summed E-state index contributed by atoms with van der Waals surface area (Å²) in [6, 6.07) is 10.7. The molecule has 144 valence electrons. The van der Waals surface area contributed by atoms with Gasteiger partial charge in [-0.3, -0.25) is 0 Å². The molecule has 0 unspecified atom stereocenters. The summed E-state index contributed by atoms with van der Waals surface area (Å²) >= 11 is 0. The van der Waals surface area contributed by atoms with Crippen LogP contribution in [-0.4, -0.2) is 44.0 Å². The van der Waals surface area contributed by atoms with Crippen LogP contribution in [-0.2, 0) is 14.8 Å². The molecule has 0 radical (unpaired) electrons. The maximum absolute atomic E-state index is 13.2. The summed E-state index contributed by atoms with van der Waals surface area (Å²) in [6.07, 6.45) is -0.381. The van der Waals surface area contributed by atoms with E-state index in [1.807, 2.05) is 13.8 Å². The summed E-state index contributed by atoms with van der Waals surface area (Å²) in [5.74, 6) is -1.14. The van der Waals surface area contributed by atoms with Gasteiger partial charge in [0.05, 0.1) is 22.7 Å². The van der Waals surface area contributed by atoms with Crippen molar-refractivity contribution in [2.45, 2.75) is 31.0 Å². The van der Waals surface area contributed by atoms with E-state index >= 15 is 0 Å². The molecule has 0 amide bonds. The first-order chi connectivity index (χ1) is 12.8. The van der Waals surface area contributed by atoms with E-state index in [1.54, 1.807) is 0 Å². The minimum absolute atomic E-state index is 0.0768. The zero-order chi connectivity index (χ0) is 19.6. The molecule has 2 atom stereocenters. The van der Waals surface area contributed by atoms with Crippen LogP contribution in [0.15, 0.2) is 53.4 Å². The van der Waals surface area contributed by atoms with Crippen molar-refractivity contribution in [3.05, 3.63) is 59.9 Å². The number of benzene rings is 2. The molecular formula is C19H20FNO5S. The lowest BCUT2D eigenvalue weighted by molar-refractivity contribution is -0.0440. The van der Waals surface area contributed by atoms with Crippen molar-refractivity contribution in [3.63, 3.8) is 0 Å². The number of morpholine rings is 1. The maximum atomic E-state index is 13.2. The molecule has 1 aliphatic heterocycles. The Hall–Kier alpha value is -2.29. The van der Waals surface area contributed by atoms with Crippen LogP contribution in [0.5, 0.6) is 5.75 Å². The van der Waals surface area contributed by atoms with Gasteiger partial charge in [0.25, 0.3) is 0 Å². The van der Waals surface area contributed by atoms with E-state index in [0.717, 1.165) is 6.07 Å². The van der Waals surface area contributed by atoms with Gasteiger partial charge >= 0.3 is 5.97 Å². The Morgan fingerprint density at radius 2 is 1.74 bits per heavy atom. The SMILES string of the molecule is C[C@@H]1CN(S(=O)(=O)c2ccc(C(=O)Oc3cccc(F)c3)cc2)C[C@H](C)O1. The summed E-state index contributed by atoms with van der Waals surface area (Å²) in [4.78, 5) is 12.2. The monoisotopic (exact) mass is 393 g/mol. The average Bonchev–Trinajstić information content (AvgIpc) is 2.61. The number of rotatable bonds is 4. The van der Waals surface area contributed by atoms with E-state index in [4.69, 9.17) is 9.47 Å². The standard InChI is InChI=1S/C19H20FNO5S/c1-13-11-21(12-14(2)25-13)27(23,24)18-8-6-15(7-9-18)19(22)26-17-5-3-4-16(20)10-17/h3-10,13-14H,11-12H2,1-2H3/t13-,14+. The molecule has 0 spiro atoms. The van der Waals surface area contributed by atoms with E-state index in [2.05, 4.69) is 0 Å². The Balaban J connectivity index is 1.75. The van der Waals surface area contributed by atoms with Crippen LogP contribution in [0.1, 0.15) is 24.2 Å². The summed E-state index contributed by atoms with van der Waals surface area (Å²) in [5, 5.41) is 0. The second-order valence-electron chi connectivity index (χ2n) is 6.45. The zero-order valence-electron chi connectivity index (χ0n) is 15.0. The van der Waals surface area contributed by atoms with Gasteiger partial charge in [-0.25, -0.2) is 17.6 Å². The summed E-state index contributed by atoms with van der Waals surface area (Å²) in [5.41, 5.74) is 0.168. The fourth-order valence-corrected chi connectivity index (χ4v) is 4.53. The molecule has 0 saturated carbocycles. The highest BCUT2D eigenvalue weighted by Gasteiger charge is 2.32. The number of carbonyl (C=O) groups excluding carboxylic acids is 1. The van der Waals surface area contributed by atoms with Gasteiger partial charge in [-0.1, -0.05) is 6.07 Å². The largest absolute Gasteiger partial charge is 0.423 e.